The largest absolute Gasteiger partial charge is 0.484 e. The Balaban J connectivity index is 1.55. The Morgan fingerprint density at radius 1 is 1.19 bits per heavy atom. The molecule has 0 saturated carbocycles. The maximum atomic E-state index is 12.2. The lowest BCUT2D eigenvalue weighted by molar-refractivity contribution is -0.115. The van der Waals surface area contributed by atoms with Gasteiger partial charge in [0.1, 0.15) is 5.75 Å². The molecule has 0 unspecified atom stereocenters. The van der Waals surface area contributed by atoms with Crippen molar-refractivity contribution in [2.24, 2.45) is 0 Å². The number of nitrogens with one attached hydrogen (secondary N) is 1. The highest BCUT2D eigenvalue weighted by Gasteiger charge is 2.12. The van der Waals surface area contributed by atoms with Crippen LogP contribution >= 0.6 is 11.6 Å². The van der Waals surface area contributed by atoms with Crippen LogP contribution in [0.4, 0.5) is 5.69 Å². The van der Waals surface area contributed by atoms with Crippen LogP contribution in [0.1, 0.15) is 22.8 Å². The minimum atomic E-state index is -0.204. The second-order valence-electron chi connectivity index (χ2n) is 5.89. The van der Waals surface area contributed by atoms with E-state index in [0.717, 1.165) is 16.8 Å². The zero-order valence-corrected chi connectivity index (χ0v) is 15.2. The minimum absolute atomic E-state index is 0.0256. The smallest absolute Gasteiger partial charge is 0.264 e. The lowest BCUT2D eigenvalue weighted by Gasteiger charge is -2.08. The van der Waals surface area contributed by atoms with Gasteiger partial charge in [-0.1, -0.05) is 28.9 Å². The second-order valence-corrected chi connectivity index (χ2v) is 6.33. The lowest BCUT2D eigenvalue weighted by Crippen LogP contribution is -2.16. The summed E-state index contributed by atoms with van der Waals surface area (Å²) in [5, 5.41) is 7.32. The molecule has 26 heavy (non-hydrogen) atoms. The first kappa shape index (κ1) is 17.9. The van der Waals surface area contributed by atoms with Gasteiger partial charge in [0.05, 0.1) is 6.42 Å². The molecule has 0 aliphatic carbocycles. The van der Waals surface area contributed by atoms with E-state index in [1.807, 2.05) is 32.0 Å². The Labute approximate surface area is 156 Å². The van der Waals surface area contributed by atoms with Crippen molar-refractivity contribution >= 4 is 23.2 Å². The van der Waals surface area contributed by atoms with Crippen LogP contribution in [-0.4, -0.2) is 16.0 Å². The van der Waals surface area contributed by atoms with Crippen LogP contribution in [0.25, 0.3) is 0 Å². The van der Waals surface area contributed by atoms with Crippen LogP contribution in [0, 0.1) is 13.8 Å². The SMILES string of the molecule is Cc1ccc(C)c(NC(=O)Cc2noc(COc3ccc(Cl)cc3)n2)c1. The third-order valence-corrected chi connectivity index (χ3v) is 3.92. The second kappa shape index (κ2) is 8.01. The molecule has 0 bridgehead atoms. The number of halogens is 1. The van der Waals surface area contributed by atoms with E-state index in [0.29, 0.717) is 22.5 Å². The number of aryl methyl sites for hydroxylation is 2. The van der Waals surface area contributed by atoms with Crippen LogP contribution in [-0.2, 0) is 17.8 Å². The molecule has 3 rings (SSSR count). The number of anilines is 1. The van der Waals surface area contributed by atoms with E-state index in [4.69, 9.17) is 20.9 Å². The average Bonchev–Trinajstić information content (AvgIpc) is 3.05. The molecule has 1 N–H and O–H groups in total. The lowest BCUT2D eigenvalue weighted by atomic mass is 10.1. The Morgan fingerprint density at radius 2 is 1.96 bits per heavy atom. The molecule has 0 spiro atoms. The van der Waals surface area contributed by atoms with Crippen LogP contribution in [0.15, 0.2) is 47.0 Å². The number of amides is 1. The summed E-state index contributed by atoms with van der Waals surface area (Å²) < 4.78 is 10.6. The molecule has 2 aromatic carbocycles. The Bertz CT molecular complexity index is 907. The first-order valence-electron chi connectivity index (χ1n) is 8.06. The molecule has 6 nitrogen and oxygen atoms in total. The van der Waals surface area contributed by atoms with E-state index in [-0.39, 0.29) is 18.9 Å². The number of hydrogen-bond acceptors (Lipinski definition) is 5. The quantitative estimate of drug-likeness (QED) is 0.705. The van der Waals surface area contributed by atoms with Crippen molar-refractivity contribution in [1.82, 2.24) is 10.1 Å². The van der Waals surface area contributed by atoms with E-state index in [9.17, 15) is 4.79 Å². The molecule has 1 amide bonds. The van der Waals surface area contributed by atoms with E-state index < -0.39 is 0 Å². The fourth-order valence-corrected chi connectivity index (χ4v) is 2.43. The summed E-state index contributed by atoms with van der Waals surface area (Å²) in [6, 6.07) is 12.8. The average molecular weight is 372 g/mol. The summed E-state index contributed by atoms with van der Waals surface area (Å²) in [6.45, 7) is 4.03. The number of carbonyl (C=O) groups excluding carboxylic acids is 1. The maximum Gasteiger partial charge on any atom is 0.264 e. The number of rotatable bonds is 6. The van der Waals surface area contributed by atoms with Gasteiger partial charge in [-0.25, -0.2) is 0 Å². The molecule has 134 valence electrons. The van der Waals surface area contributed by atoms with Gasteiger partial charge in [0.2, 0.25) is 5.91 Å². The normalized spacial score (nSPS) is 10.6. The van der Waals surface area contributed by atoms with E-state index >= 15 is 0 Å². The molecule has 7 heteroatoms. The van der Waals surface area contributed by atoms with Crippen molar-refractivity contribution < 1.29 is 14.1 Å². The molecule has 0 aliphatic rings. The van der Waals surface area contributed by atoms with Gasteiger partial charge in [-0.3, -0.25) is 4.79 Å². The maximum absolute atomic E-state index is 12.2. The van der Waals surface area contributed by atoms with Crippen molar-refractivity contribution in [2.75, 3.05) is 5.32 Å². The van der Waals surface area contributed by atoms with Gasteiger partial charge < -0.3 is 14.6 Å². The summed E-state index contributed by atoms with van der Waals surface area (Å²) in [7, 11) is 0. The van der Waals surface area contributed by atoms with Gasteiger partial charge in [-0.2, -0.15) is 4.98 Å². The number of aromatic nitrogens is 2. The summed E-state index contributed by atoms with van der Waals surface area (Å²) in [5.74, 6) is 1.04. The number of nitrogens with zero attached hydrogens (tertiary/aromatic N) is 2. The van der Waals surface area contributed by atoms with Gasteiger partial charge in [-0.05, 0) is 55.3 Å². The molecule has 0 fully saturated rings. The molecule has 0 atom stereocenters. The fraction of sp³-hybridized carbons (Fsp3) is 0.211. The van der Waals surface area contributed by atoms with Crippen LogP contribution in [0.2, 0.25) is 5.02 Å². The highest BCUT2D eigenvalue weighted by Crippen LogP contribution is 2.18. The first-order valence-corrected chi connectivity index (χ1v) is 8.44. The highest BCUT2D eigenvalue weighted by molar-refractivity contribution is 6.30. The first-order chi connectivity index (χ1) is 12.5. The molecular weight excluding hydrogens is 354 g/mol. The Hall–Kier alpha value is -2.86. The van der Waals surface area contributed by atoms with Gasteiger partial charge in [-0.15, -0.1) is 0 Å². The van der Waals surface area contributed by atoms with Crippen molar-refractivity contribution in [3.8, 4) is 5.75 Å². The van der Waals surface area contributed by atoms with E-state index in [1.54, 1.807) is 24.3 Å². The number of benzene rings is 2. The summed E-state index contributed by atoms with van der Waals surface area (Å²) >= 11 is 5.82. The predicted molar refractivity (Wildman–Crippen MR) is 98.3 cm³/mol. The summed E-state index contributed by atoms with van der Waals surface area (Å²) in [6.07, 6.45) is 0.0256. The van der Waals surface area contributed by atoms with Gasteiger partial charge in [0.25, 0.3) is 5.89 Å². The van der Waals surface area contributed by atoms with Crippen LogP contribution < -0.4 is 10.1 Å². The third kappa shape index (κ3) is 4.83. The highest BCUT2D eigenvalue weighted by atomic mass is 35.5. The van der Waals surface area contributed by atoms with Crippen LogP contribution in [0.5, 0.6) is 5.75 Å². The Kier molecular flexibility index (Phi) is 5.53. The monoisotopic (exact) mass is 371 g/mol. The van der Waals surface area contributed by atoms with Crippen LogP contribution in [0.3, 0.4) is 0 Å². The van der Waals surface area contributed by atoms with Gasteiger partial charge in [0.15, 0.2) is 12.4 Å². The zero-order valence-electron chi connectivity index (χ0n) is 14.5. The van der Waals surface area contributed by atoms with Gasteiger partial charge in [0, 0.05) is 10.7 Å². The molecule has 1 aromatic heterocycles. The summed E-state index contributed by atoms with van der Waals surface area (Å²) in [4.78, 5) is 16.4. The third-order valence-electron chi connectivity index (χ3n) is 3.67. The van der Waals surface area contributed by atoms with E-state index in [2.05, 4.69) is 15.5 Å². The molecular formula is C19H18ClN3O3. The predicted octanol–water partition coefficient (Wildman–Crippen LogP) is 4.10. The number of hydrogen-bond donors (Lipinski definition) is 1. The number of carbonyl (C=O) groups is 1. The number of ether oxygens (including phenoxy) is 1. The minimum Gasteiger partial charge on any atom is -0.484 e. The van der Waals surface area contributed by atoms with Gasteiger partial charge >= 0.3 is 0 Å². The topological polar surface area (TPSA) is 77.2 Å². The zero-order chi connectivity index (χ0) is 18.5. The van der Waals surface area contributed by atoms with Crippen molar-refractivity contribution in [2.45, 2.75) is 26.9 Å². The van der Waals surface area contributed by atoms with Crippen molar-refractivity contribution in [3.63, 3.8) is 0 Å². The molecule has 1 heterocycles. The molecule has 0 saturated heterocycles. The molecule has 3 aromatic rings. The Morgan fingerprint density at radius 3 is 2.73 bits per heavy atom. The van der Waals surface area contributed by atoms with Crippen molar-refractivity contribution in [3.05, 3.63) is 70.3 Å². The van der Waals surface area contributed by atoms with Crippen molar-refractivity contribution in [1.29, 1.82) is 0 Å². The standard InChI is InChI=1S/C19H18ClN3O3/c1-12-3-4-13(2)16(9-12)21-18(24)10-17-22-19(26-23-17)11-25-15-7-5-14(20)6-8-15/h3-9H,10-11H2,1-2H3,(H,21,24). The summed E-state index contributed by atoms with van der Waals surface area (Å²) in [5.41, 5.74) is 2.85. The van der Waals surface area contributed by atoms with E-state index in [1.165, 1.54) is 0 Å². The fourth-order valence-electron chi connectivity index (χ4n) is 2.30. The molecule has 0 aliphatic heterocycles. The molecule has 0 radical (unpaired) electrons.